The highest BCUT2D eigenvalue weighted by molar-refractivity contribution is 5.86. The molecule has 0 aromatic heterocycles. The number of carbonyl (C=O) groups is 1. The summed E-state index contributed by atoms with van der Waals surface area (Å²) in [6.07, 6.45) is 2.52. The third-order valence-electron chi connectivity index (χ3n) is 4.96. The summed E-state index contributed by atoms with van der Waals surface area (Å²) >= 11 is 0. The molecule has 0 radical (unpaired) electrons. The summed E-state index contributed by atoms with van der Waals surface area (Å²) < 4.78 is 11.1. The molecule has 3 rings (SSSR count). The fourth-order valence-electron chi connectivity index (χ4n) is 2.94. The zero-order valence-electron chi connectivity index (χ0n) is 18.3. The van der Waals surface area contributed by atoms with Crippen molar-refractivity contribution in [1.82, 2.24) is 16.0 Å². The molecule has 0 aliphatic heterocycles. The predicted molar refractivity (Wildman–Crippen MR) is 122 cm³/mol. The number of methoxy groups -OCH3 is 1. The van der Waals surface area contributed by atoms with Crippen LogP contribution >= 0.6 is 0 Å². The molecule has 2 aromatic carbocycles. The normalized spacial score (nSPS) is 13.4. The number of hydrogen-bond donors (Lipinski definition) is 3. The van der Waals surface area contributed by atoms with Gasteiger partial charge < -0.3 is 25.4 Å². The lowest BCUT2D eigenvalue weighted by molar-refractivity contribution is -0.120. The number of ether oxygens (including phenoxy) is 2. The van der Waals surface area contributed by atoms with E-state index in [0.717, 1.165) is 29.2 Å². The molecule has 1 saturated carbocycles. The molecule has 7 heteroatoms. The lowest BCUT2D eigenvalue weighted by Gasteiger charge is -2.13. The standard InChI is InChI=1S/C24H32N4O3/c1-3-25-24(27-15-20-6-4-5-7-22(20)31-17-19-8-9-19)28-16-23(29)26-14-18-10-12-21(30-2)13-11-18/h4-7,10-13,19H,3,8-9,14-17H2,1-2H3,(H,26,29)(H2,25,27,28). The Balaban J connectivity index is 1.48. The Labute approximate surface area is 184 Å². The predicted octanol–water partition coefficient (Wildman–Crippen LogP) is 2.86. The number of amides is 1. The molecule has 1 amide bonds. The van der Waals surface area contributed by atoms with Crippen LogP contribution in [0.25, 0.3) is 0 Å². The van der Waals surface area contributed by atoms with E-state index in [1.54, 1.807) is 7.11 Å². The second-order valence-corrected chi connectivity index (χ2v) is 7.54. The van der Waals surface area contributed by atoms with Gasteiger partial charge in [-0.15, -0.1) is 0 Å². The van der Waals surface area contributed by atoms with E-state index in [4.69, 9.17) is 9.47 Å². The average molecular weight is 425 g/mol. The first-order valence-corrected chi connectivity index (χ1v) is 10.8. The number of nitrogens with one attached hydrogen (secondary N) is 3. The summed E-state index contributed by atoms with van der Waals surface area (Å²) in [4.78, 5) is 16.8. The van der Waals surface area contributed by atoms with Crippen LogP contribution in [0.5, 0.6) is 11.5 Å². The van der Waals surface area contributed by atoms with Gasteiger partial charge in [0, 0.05) is 18.7 Å². The number of guanidine groups is 1. The highest BCUT2D eigenvalue weighted by atomic mass is 16.5. The first kappa shape index (κ1) is 22.5. The van der Waals surface area contributed by atoms with Crippen molar-refractivity contribution in [2.45, 2.75) is 32.9 Å². The van der Waals surface area contributed by atoms with Crippen molar-refractivity contribution in [3.8, 4) is 11.5 Å². The van der Waals surface area contributed by atoms with Gasteiger partial charge in [-0.2, -0.15) is 0 Å². The number of aliphatic imine (C=N–C) groups is 1. The van der Waals surface area contributed by atoms with Crippen LogP contribution in [0.4, 0.5) is 0 Å². The van der Waals surface area contributed by atoms with Gasteiger partial charge in [-0.25, -0.2) is 4.99 Å². The van der Waals surface area contributed by atoms with E-state index in [9.17, 15) is 4.79 Å². The molecular weight excluding hydrogens is 392 g/mol. The summed E-state index contributed by atoms with van der Waals surface area (Å²) in [6, 6.07) is 15.6. The van der Waals surface area contributed by atoms with Gasteiger partial charge >= 0.3 is 0 Å². The molecule has 0 unspecified atom stereocenters. The van der Waals surface area contributed by atoms with E-state index < -0.39 is 0 Å². The van der Waals surface area contributed by atoms with Crippen molar-refractivity contribution < 1.29 is 14.3 Å². The Bertz CT molecular complexity index is 863. The SMILES string of the molecule is CCNC(=NCc1ccccc1OCC1CC1)NCC(=O)NCc1ccc(OC)cc1. The van der Waals surface area contributed by atoms with E-state index in [1.807, 2.05) is 55.5 Å². The highest BCUT2D eigenvalue weighted by Crippen LogP contribution is 2.30. The second-order valence-electron chi connectivity index (χ2n) is 7.54. The van der Waals surface area contributed by atoms with Crippen LogP contribution in [0.1, 0.15) is 30.9 Å². The van der Waals surface area contributed by atoms with Gasteiger partial charge in [0.05, 0.1) is 26.8 Å². The molecule has 0 saturated heterocycles. The Morgan fingerprint density at radius 1 is 1.06 bits per heavy atom. The molecule has 2 aromatic rings. The van der Waals surface area contributed by atoms with Crippen molar-refractivity contribution in [3.63, 3.8) is 0 Å². The quantitative estimate of drug-likeness (QED) is 0.382. The Morgan fingerprint density at radius 2 is 1.84 bits per heavy atom. The Hall–Kier alpha value is -3.22. The summed E-state index contributed by atoms with van der Waals surface area (Å²) in [5.41, 5.74) is 2.04. The molecule has 31 heavy (non-hydrogen) atoms. The summed E-state index contributed by atoms with van der Waals surface area (Å²) in [7, 11) is 1.63. The number of rotatable bonds is 11. The van der Waals surface area contributed by atoms with E-state index >= 15 is 0 Å². The summed E-state index contributed by atoms with van der Waals surface area (Å²) in [5.74, 6) is 2.87. The molecule has 0 heterocycles. The molecule has 0 atom stereocenters. The topological polar surface area (TPSA) is 84.0 Å². The van der Waals surface area contributed by atoms with Gasteiger partial charge in [0.15, 0.2) is 5.96 Å². The van der Waals surface area contributed by atoms with Crippen LogP contribution in [-0.2, 0) is 17.9 Å². The van der Waals surface area contributed by atoms with Crippen molar-refractivity contribution in [1.29, 1.82) is 0 Å². The number of para-hydroxylation sites is 1. The van der Waals surface area contributed by atoms with Crippen molar-refractivity contribution in [2.75, 3.05) is 26.8 Å². The van der Waals surface area contributed by atoms with E-state index in [-0.39, 0.29) is 12.5 Å². The Morgan fingerprint density at radius 3 is 2.55 bits per heavy atom. The third-order valence-corrected chi connectivity index (χ3v) is 4.96. The minimum Gasteiger partial charge on any atom is -0.497 e. The van der Waals surface area contributed by atoms with Crippen molar-refractivity contribution in [3.05, 3.63) is 59.7 Å². The first-order chi connectivity index (χ1) is 15.2. The molecule has 0 bridgehead atoms. The number of nitrogens with zero attached hydrogens (tertiary/aromatic N) is 1. The number of carbonyl (C=O) groups excluding carboxylic acids is 1. The first-order valence-electron chi connectivity index (χ1n) is 10.8. The fourth-order valence-corrected chi connectivity index (χ4v) is 2.94. The fraction of sp³-hybridized carbons (Fsp3) is 0.417. The lowest BCUT2D eigenvalue weighted by Crippen LogP contribution is -2.43. The molecule has 1 fully saturated rings. The van der Waals surface area contributed by atoms with Gasteiger partial charge in [0.1, 0.15) is 11.5 Å². The van der Waals surface area contributed by atoms with Gasteiger partial charge in [-0.1, -0.05) is 30.3 Å². The zero-order chi connectivity index (χ0) is 21.9. The molecule has 1 aliphatic carbocycles. The number of benzene rings is 2. The van der Waals surface area contributed by atoms with Gasteiger partial charge in [-0.05, 0) is 49.4 Å². The summed E-state index contributed by atoms with van der Waals surface area (Å²) in [5, 5.41) is 9.17. The van der Waals surface area contributed by atoms with Crippen LogP contribution in [0.15, 0.2) is 53.5 Å². The van der Waals surface area contributed by atoms with Gasteiger partial charge in [-0.3, -0.25) is 4.79 Å². The average Bonchev–Trinajstić information content (AvgIpc) is 3.63. The van der Waals surface area contributed by atoms with E-state index in [2.05, 4.69) is 20.9 Å². The Kier molecular flexibility index (Phi) is 8.58. The molecule has 7 nitrogen and oxygen atoms in total. The molecule has 0 spiro atoms. The zero-order valence-corrected chi connectivity index (χ0v) is 18.3. The van der Waals surface area contributed by atoms with E-state index in [1.165, 1.54) is 12.8 Å². The smallest absolute Gasteiger partial charge is 0.239 e. The van der Waals surface area contributed by atoms with Gasteiger partial charge in [0.2, 0.25) is 5.91 Å². The third kappa shape index (κ3) is 7.85. The summed E-state index contributed by atoms with van der Waals surface area (Å²) in [6.45, 7) is 4.55. The van der Waals surface area contributed by atoms with E-state index in [0.29, 0.717) is 31.5 Å². The maximum absolute atomic E-state index is 12.2. The van der Waals surface area contributed by atoms with Crippen LogP contribution < -0.4 is 25.4 Å². The van der Waals surface area contributed by atoms with Crippen molar-refractivity contribution in [2.24, 2.45) is 10.9 Å². The highest BCUT2D eigenvalue weighted by Gasteiger charge is 2.22. The second kappa shape index (κ2) is 11.8. The van der Waals surface area contributed by atoms with Crippen molar-refractivity contribution >= 4 is 11.9 Å². The lowest BCUT2D eigenvalue weighted by atomic mass is 10.2. The largest absolute Gasteiger partial charge is 0.497 e. The minimum atomic E-state index is -0.102. The molecule has 3 N–H and O–H groups in total. The monoisotopic (exact) mass is 424 g/mol. The van der Waals surface area contributed by atoms with Crippen LogP contribution in [0, 0.1) is 5.92 Å². The molecular formula is C24H32N4O3. The van der Waals surface area contributed by atoms with Crippen LogP contribution in [0.2, 0.25) is 0 Å². The van der Waals surface area contributed by atoms with Crippen LogP contribution in [-0.4, -0.2) is 38.7 Å². The van der Waals surface area contributed by atoms with Crippen LogP contribution in [0.3, 0.4) is 0 Å². The molecule has 166 valence electrons. The maximum atomic E-state index is 12.2. The minimum absolute atomic E-state index is 0.102. The number of hydrogen-bond acceptors (Lipinski definition) is 4. The van der Waals surface area contributed by atoms with Gasteiger partial charge in [0.25, 0.3) is 0 Å². The molecule has 1 aliphatic rings. The maximum Gasteiger partial charge on any atom is 0.239 e.